The minimum absolute atomic E-state index is 0.0183. The van der Waals surface area contributed by atoms with Gasteiger partial charge in [0.05, 0.1) is 0 Å². The predicted molar refractivity (Wildman–Crippen MR) is 87.6 cm³/mol. The summed E-state index contributed by atoms with van der Waals surface area (Å²) >= 11 is 0. The van der Waals surface area contributed by atoms with Crippen molar-refractivity contribution < 1.29 is 9.18 Å². The summed E-state index contributed by atoms with van der Waals surface area (Å²) in [6, 6.07) is 5.80. The van der Waals surface area contributed by atoms with Crippen molar-refractivity contribution in [2.45, 2.75) is 51.6 Å². The second kappa shape index (κ2) is 7.07. The van der Waals surface area contributed by atoms with Gasteiger partial charge in [-0.1, -0.05) is 19.1 Å². The fourth-order valence-corrected chi connectivity index (χ4v) is 3.19. The quantitative estimate of drug-likeness (QED) is 0.864. The normalized spacial score (nSPS) is 19.3. The van der Waals surface area contributed by atoms with Gasteiger partial charge in [-0.2, -0.15) is 4.80 Å². The lowest BCUT2D eigenvalue weighted by Gasteiger charge is -2.36. The van der Waals surface area contributed by atoms with Crippen molar-refractivity contribution in [2.75, 3.05) is 6.54 Å². The van der Waals surface area contributed by atoms with Gasteiger partial charge in [0.15, 0.2) is 0 Å². The van der Waals surface area contributed by atoms with E-state index < -0.39 is 6.04 Å². The lowest BCUT2D eigenvalue weighted by molar-refractivity contribution is -0.138. The third-order valence-electron chi connectivity index (χ3n) is 4.60. The van der Waals surface area contributed by atoms with E-state index in [4.69, 9.17) is 0 Å². The Labute approximate surface area is 140 Å². The number of carbonyl (C=O) groups is 1. The number of piperidine rings is 1. The number of aromatic nitrogens is 4. The summed E-state index contributed by atoms with van der Waals surface area (Å²) in [7, 11) is 0. The average molecular weight is 331 g/mol. The summed E-state index contributed by atoms with van der Waals surface area (Å²) in [6.07, 6.45) is 4.21. The van der Waals surface area contributed by atoms with E-state index in [1.165, 1.54) is 23.4 Å². The summed E-state index contributed by atoms with van der Waals surface area (Å²) in [5.74, 6) is -0.0170. The zero-order chi connectivity index (χ0) is 17.1. The van der Waals surface area contributed by atoms with Crippen LogP contribution >= 0.6 is 0 Å². The maximum absolute atomic E-state index is 13.3. The van der Waals surface area contributed by atoms with Gasteiger partial charge in [0.25, 0.3) is 0 Å². The highest BCUT2D eigenvalue weighted by molar-refractivity contribution is 5.80. The fourth-order valence-electron chi connectivity index (χ4n) is 3.19. The van der Waals surface area contributed by atoms with Gasteiger partial charge in [-0.15, -0.1) is 10.2 Å². The second-order valence-corrected chi connectivity index (χ2v) is 6.21. The van der Waals surface area contributed by atoms with Gasteiger partial charge in [0.2, 0.25) is 11.7 Å². The summed E-state index contributed by atoms with van der Waals surface area (Å²) in [4.78, 5) is 16.1. The van der Waals surface area contributed by atoms with Crippen LogP contribution in [-0.2, 0) is 4.79 Å². The Hall–Kier alpha value is -2.31. The highest BCUT2D eigenvalue weighted by Gasteiger charge is 2.30. The molecule has 0 radical (unpaired) electrons. The molecule has 0 unspecified atom stereocenters. The molecule has 1 aliphatic rings. The predicted octanol–water partition coefficient (Wildman–Crippen LogP) is 2.83. The molecule has 1 aromatic carbocycles. The van der Waals surface area contributed by atoms with Gasteiger partial charge >= 0.3 is 0 Å². The number of likely N-dealkylation sites (tertiary alicyclic amines) is 1. The third kappa shape index (κ3) is 3.29. The summed E-state index contributed by atoms with van der Waals surface area (Å²) in [5, 5.41) is 12.2. The highest BCUT2D eigenvalue weighted by atomic mass is 19.1. The minimum atomic E-state index is -0.521. The molecule has 1 saturated heterocycles. The lowest BCUT2D eigenvalue weighted by atomic mass is 9.99. The maximum Gasteiger partial charge on any atom is 0.249 e. The Morgan fingerprint density at radius 2 is 2.25 bits per heavy atom. The molecule has 2 heterocycles. The molecular weight excluding hydrogens is 309 g/mol. The summed E-state index contributed by atoms with van der Waals surface area (Å²) in [6.45, 7) is 4.67. The van der Waals surface area contributed by atoms with Crippen LogP contribution in [0.4, 0.5) is 4.39 Å². The van der Waals surface area contributed by atoms with Crippen molar-refractivity contribution in [3.05, 3.63) is 30.1 Å². The Morgan fingerprint density at radius 1 is 1.42 bits per heavy atom. The molecule has 0 N–H and O–H groups in total. The van der Waals surface area contributed by atoms with Crippen molar-refractivity contribution in [3.8, 4) is 11.4 Å². The van der Waals surface area contributed by atoms with Crippen molar-refractivity contribution >= 4 is 5.91 Å². The highest BCUT2D eigenvalue weighted by Crippen LogP contribution is 2.23. The molecule has 0 bridgehead atoms. The molecule has 2 aromatic rings. The van der Waals surface area contributed by atoms with E-state index in [1.54, 1.807) is 19.1 Å². The molecular formula is C17H22FN5O. The number of hydrogen-bond donors (Lipinski definition) is 0. The van der Waals surface area contributed by atoms with Gasteiger partial charge in [-0.3, -0.25) is 4.79 Å². The SMILES string of the molecule is CC[C@@H]1CCCCN1C(=O)[C@@H](C)n1nnc(-c2cccc(F)c2)n1. The first kappa shape index (κ1) is 16.5. The molecule has 3 rings (SSSR count). The van der Waals surface area contributed by atoms with Crippen molar-refractivity contribution in [1.29, 1.82) is 0 Å². The van der Waals surface area contributed by atoms with Gasteiger partial charge in [0, 0.05) is 18.2 Å². The molecule has 1 fully saturated rings. The second-order valence-electron chi connectivity index (χ2n) is 6.21. The van der Waals surface area contributed by atoms with E-state index >= 15 is 0 Å². The molecule has 1 aromatic heterocycles. The maximum atomic E-state index is 13.3. The first-order valence-corrected chi connectivity index (χ1v) is 8.46. The molecule has 0 spiro atoms. The van der Waals surface area contributed by atoms with Crippen LogP contribution in [0.25, 0.3) is 11.4 Å². The van der Waals surface area contributed by atoms with Crippen LogP contribution in [0.5, 0.6) is 0 Å². The van der Waals surface area contributed by atoms with Crippen LogP contribution in [-0.4, -0.2) is 43.6 Å². The first-order valence-electron chi connectivity index (χ1n) is 8.46. The van der Waals surface area contributed by atoms with Crippen LogP contribution in [0, 0.1) is 5.82 Å². The summed E-state index contributed by atoms with van der Waals surface area (Å²) < 4.78 is 13.3. The number of nitrogens with zero attached hydrogens (tertiary/aromatic N) is 5. The number of benzene rings is 1. The molecule has 1 amide bonds. The number of halogens is 1. The number of hydrogen-bond acceptors (Lipinski definition) is 4. The van der Waals surface area contributed by atoms with Crippen molar-refractivity contribution in [2.24, 2.45) is 0 Å². The van der Waals surface area contributed by atoms with Crippen LogP contribution in [0.3, 0.4) is 0 Å². The Bertz CT molecular complexity index is 717. The van der Waals surface area contributed by atoms with Crippen LogP contribution in [0.15, 0.2) is 24.3 Å². The molecule has 1 aliphatic heterocycles. The van der Waals surface area contributed by atoms with E-state index in [1.807, 2.05) is 4.90 Å². The Morgan fingerprint density at radius 3 is 3.00 bits per heavy atom. The minimum Gasteiger partial charge on any atom is -0.338 e. The lowest BCUT2D eigenvalue weighted by Crippen LogP contribution is -2.46. The fraction of sp³-hybridized carbons (Fsp3) is 0.529. The molecule has 24 heavy (non-hydrogen) atoms. The van der Waals surface area contributed by atoms with E-state index in [0.29, 0.717) is 17.4 Å². The monoisotopic (exact) mass is 331 g/mol. The van der Waals surface area contributed by atoms with Crippen LogP contribution in [0.2, 0.25) is 0 Å². The number of carbonyl (C=O) groups excluding carboxylic acids is 1. The van der Waals surface area contributed by atoms with Crippen LogP contribution in [0.1, 0.15) is 45.6 Å². The molecule has 0 saturated carbocycles. The largest absolute Gasteiger partial charge is 0.338 e. The number of tetrazole rings is 1. The van der Waals surface area contributed by atoms with Gasteiger partial charge in [0.1, 0.15) is 11.9 Å². The molecule has 6 nitrogen and oxygen atoms in total. The smallest absolute Gasteiger partial charge is 0.249 e. The van der Waals surface area contributed by atoms with Gasteiger partial charge in [-0.25, -0.2) is 4.39 Å². The summed E-state index contributed by atoms with van der Waals surface area (Å²) in [5.41, 5.74) is 0.547. The Kier molecular flexibility index (Phi) is 4.87. The van der Waals surface area contributed by atoms with Crippen molar-refractivity contribution in [3.63, 3.8) is 0 Å². The van der Waals surface area contributed by atoms with E-state index in [9.17, 15) is 9.18 Å². The standard InChI is InChI=1S/C17H22FN5O/c1-3-15-9-4-5-10-22(15)17(24)12(2)23-20-16(19-21-23)13-7-6-8-14(18)11-13/h6-8,11-12,15H,3-5,9-10H2,1-2H3/t12-,15-/m1/s1. The van der Waals surface area contributed by atoms with Crippen molar-refractivity contribution in [1.82, 2.24) is 25.1 Å². The van der Waals surface area contributed by atoms with E-state index in [-0.39, 0.29) is 11.7 Å². The third-order valence-corrected chi connectivity index (χ3v) is 4.60. The number of amides is 1. The zero-order valence-corrected chi connectivity index (χ0v) is 14.0. The molecule has 2 atom stereocenters. The van der Waals surface area contributed by atoms with E-state index in [2.05, 4.69) is 22.3 Å². The number of rotatable bonds is 4. The average Bonchev–Trinajstić information content (AvgIpc) is 3.10. The Balaban J connectivity index is 1.78. The molecule has 128 valence electrons. The van der Waals surface area contributed by atoms with E-state index in [0.717, 1.165) is 25.8 Å². The van der Waals surface area contributed by atoms with Crippen LogP contribution < -0.4 is 0 Å². The zero-order valence-electron chi connectivity index (χ0n) is 14.0. The van der Waals surface area contributed by atoms with Gasteiger partial charge < -0.3 is 4.90 Å². The topological polar surface area (TPSA) is 63.9 Å². The molecule has 7 heteroatoms. The first-order chi connectivity index (χ1) is 11.6. The molecule has 0 aliphatic carbocycles. The van der Waals surface area contributed by atoms with Gasteiger partial charge in [-0.05, 0) is 50.0 Å².